The molecule has 0 radical (unpaired) electrons. The third-order valence-electron chi connectivity index (χ3n) is 6.19. The lowest BCUT2D eigenvalue weighted by Crippen LogP contribution is -2.10. The molecule has 0 fully saturated rings. The number of methoxy groups -OCH3 is 2. The molecular weight excluding hydrogens is 575 g/mol. The van der Waals surface area contributed by atoms with Gasteiger partial charge in [-0.05, 0) is 73.9 Å². The Hall–Kier alpha value is -3.70. The average Bonchev–Trinajstić information content (AvgIpc) is 3.33. The number of thioether (sulfide) groups is 1. The average molecular weight is 604 g/mol. The van der Waals surface area contributed by atoms with Gasteiger partial charge < -0.3 is 19.3 Å². The van der Waals surface area contributed by atoms with Crippen molar-refractivity contribution in [3.05, 3.63) is 87.9 Å². The number of carbonyl (C=O) groups is 1. The largest absolute Gasteiger partial charge is 0.497 e. The molecule has 1 N–H and O–H groups in total. The first-order valence-corrected chi connectivity index (χ1v) is 14.1. The number of carboxylic acids is 1. The number of nitrogens with zero attached hydrogens (tertiary/aromatic N) is 1. The summed E-state index contributed by atoms with van der Waals surface area (Å²) in [5, 5.41) is 9.46. The molecule has 0 aliphatic rings. The SMILES string of the molecule is COc1cc(CC(Sc2ccc(OCC(=O)O)c(C)c2)c2sc(-c3ccc(C(F)(F)F)cc3)nc2C)cc(OC)c1. The predicted octanol–water partition coefficient (Wildman–Crippen LogP) is 8.00. The molecule has 6 nitrogen and oxygen atoms in total. The molecule has 1 atom stereocenters. The maximum Gasteiger partial charge on any atom is 0.416 e. The molecule has 41 heavy (non-hydrogen) atoms. The van der Waals surface area contributed by atoms with Gasteiger partial charge in [-0.2, -0.15) is 13.2 Å². The lowest BCUT2D eigenvalue weighted by Gasteiger charge is -2.18. The fourth-order valence-corrected chi connectivity index (χ4v) is 6.79. The van der Waals surface area contributed by atoms with Gasteiger partial charge >= 0.3 is 12.1 Å². The monoisotopic (exact) mass is 603 g/mol. The summed E-state index contributed by atoms with van der Waals surface area (Å²) in [7, 11) is 3.18. The van der Waals surface area contributed by atoms with Crippen molar-refractivity contribution in [2.75, 3.05) is 20.8 Å². The van der Waals surface area contributed by atoms with Gasteiger partial charge in [-0.3, -0.25) is 0 Å². The minimum Gasteiger partial charge on any atom is -0.497 e. The Balaban J connectivity index is 1.69. The fourth-order valence-electron chi connectivity index (χ4n) is 4.18. The standard InChI is InChI=1S/C30H28F3NO5S2/c1-17-11-24(9-10-25(17)39-16-27(35)36)40-26(14-19-12-22(37-3)15-23(13-19)38-4)28-18(2)34-29(41-28)20-5-7-21(8-6-20)30(31,32)33/h5-13,15,26H,14,16H2,1-4H3,(H,35,36). The minimum atomic E-state index is -4.41. The number of aromatic nitrogens is 1. The van der Waals surface area contributed by atoms with Crippen molar-refractivity contribution in [2.45, 2.75) is 36.6 Å². The van der Waals surface area contributed by atoms with Crippen molar-refractivity contribution in [1.29, 1.82) is 0 Å². The Morgan fingerprint density at radius 3 is 2.22 bits per heavy atom. The molecule has 0 aliphatic heterocycles. The van der Waals surface area contributed by atoms with Gasteiger partial charge in [-0.1, -0.05) is 12.1 Å². The number of hydrogen-bond donors (Lipinski definition) is 1. The van der Waals surface area contributed by atoms with E-state index in [4.69, 9.17) is 24.3 Å². The molecule has 1 unspecified atom stereocenters. The highest BCUT2D eigenvalue weighted by Gasteiger charge is 2.30. The van der Waals surface area contributed by atoms with Crippen molar-refractivity contribution in [1.82, 2.24) is 4.98 Å². The van der Waals surface area contributed by atoms with Crippen molar-refractivity contribution < 1.29 is 37.3 Å². The molecule has 1 aromatic heterocycles. The molecule has 1 heterocycles. The van der Waals surface area contributed by atoms with E-state index in [1.54, 1.807) is 38.1 Å². The third-order valence-corrected chi connectivity index (χ3v) is 8.87. The van der Waals surface area contributed by atoms with E-state index >= 15 is 0 Å². The van der Waals surface area contributed by atoms with Crippen molar-refractivity contribution >= 4 is 29.1 Å². The fraction of sp³-hybridized carbons (Fsp3) is 0.267. The van der Waals surface area contributed by atoms with Crippen LogP contribution in [0.25, 0.3) is 10.6 Å². The van der Waals surface area contributed by atoms with Gasteiger partial charge in [0.1, 0.15) is 22.3 Å². The maximum atomic E-state index is 13.1. The topological polar surface area (TPSA) is 77.9 Å². The van der Waals surface area contributed by atoms with Gasteiger partial charge in [0.2, 0.25) is 0 Å². The van der Waals surface area contributed by atoms with Crippen molar-refractivity contribution in [3.63, 3.8) is 0 Å². The number of aryl methyl sites for hydroxylation is 2. The Kier molecular flexibility index (Phi) is 9.49. The zero-order chi connectivity index (χ0) is 29.7. The molecule has 11 heteroatoms. The van der Waals surface area contributed by atoms with Crippen LogP contribution < -0.4 is 14.2 Å². The molecule has 0 bridgehead atoms. The number of carboxylic acid groups (broad SMARTS) is 1. The van der Waals surface area contributed by atoms with Gasteiger partial charge in [0.15, 0.2) is 6.61 Å². The first kappa shape index (κ1) is 30.3. The number of ether oxygens (including phenoxy) is 3. The number of rotatable bonds is 11. The Labute approximate surface area is 244 Å². The molecule has 4 rings (SSSR count). The normalized spacial score (nSPS) is 12.2. The first-order valence-electron chi connectivity index (χ1n) is 12.5. The molecule has 0 spiro atoms. The van der Waals surface area contributed by atoms with Crippen LogP contribution in [0.2, 0.25) is 0 Å². The van der Waals surface area contributed by atoms with Crippen LogP contribution in [0.15, 0.2) is 65.6 Å². The number of alkyl halides is 3. The van der Waals surface area contributed by atoms with Gasteiger partial charge in [0.05, 0.1) is 25.5 Å². The van der Waals surface area contributed by atoms with Gasteiger partial charge in [0.25, 0.3) is 0 Å². The second-order valence-corrected chi connectivity index (χ2v) is 11.5. The molecule has 216 valence electrons. The van der Waals surface area contributed by atoms with Gasteiger partial charge in [0, 0.05) is 26.7 Å². The Bertz CT molecular complexity index is 1500. The van der Waals surface area contributed by atoms with E-state index in [-0.39, 0.29) is 5.25 Å². The van der Waals surface area contributed by atoms with E-state index in [0.717, 1.165) is 38.7 Å². The summed E-state index contributed by atoms with van der Waals surface area (Å²) in [4.78, 5) is 17.6. The lowest BCUT2D eigenvalue weighted by molar-refractivity contribution is -0.139. The summed E-state index contributed by atoms with van der Waals surface area (Å²) in [5.74, 6) is 0.751. The quantitative estimate of drug-likeness (QED) is 0.174. The molecule has 0 saturated carbocycles. The lowest BCUT2D eigenvalue weighted by atomic mass is 10.1. The highest BCUT2D eigenvalue weighted by atomic mass is 32.2. The van der Waals surface area contributed by atoms with Crippen LogP contribution in [0, 0.1) is 13.8 Å². The first-order chi connectivity index (χ1) is 19.5. The van der Waals surface area contributed by atoms with E-state index in [1.807, 2.05) is 38.1 Å². The van der Waals surface area contributed by atoms with Crippen molar-refractivity contribution in [3.8, 4) is 27.8 Å². The minimum absolute atomic E-state index is 0.113. The van der Waals surface area contributed by atoms with Crippen LogP contribution in [0.3, 0.4) is 0 Å². The van der Waals surface area contributed by atoms with E-state index in [9.17, 15) is 18.0 Å². The molecule has 0 saturated heterocycles. The van der Waals surface area contributed by atoms with Crippen LogP contribution in [0.5, 0.6) is 17.2 Å². The van der Waals surface area contributed by atoms with Crippen molar-refractivity contribution in [2.24, 2.45) is 0 Å². The van der Waals surface area contributed by atoms with Gasteiger partial charge in [-0.15, -0.1) is 23.1 Å². The third kappa shape index (κ3) is 7.74. The number of aliphatic carboxylic acids is 1. The highest BCUT2D eigenvalue weighted by molar-refractivity contribution is 7.99. The van der Waals surface area contributed by atoms with Gasteiger partial charge in [-0.25, -0.2) is 9.78 Å². The Morgan fingerprint density at radius 1 is 1.00 bits per heavy atom. The van der Waals surface area contributed by atoms with E-state index in [2.05, 4.69) is 0 Å². The van der Waals surface area contributed by atoms with Crippen LogP contribution in [-0.4, -0.2) is 36.9 Å². The second kappa shape index (κ2) is 12.9. The predicted molar refractivity (Wildman–Crippen MR) is 153 cm³/mol. The maximum absolute atomic E-state index is 13.1. The van der Waals surface area contributed by atoms with E-state index < -0.39 is 24.3 Å². The highest BCUT2D eigenvalue weighted by Crippen LogP contribution is 2.45. The number of halogens is 3. The smallest absolute Gasteiger partial charge is 0.416 e. The molecular formula is C30H28F3NO5S2. The molecule has 0 aliphatic carbocycles. The molecule has 0 amide bonds. The summed E-state index contributed by atoms with van der Waals surface area (Å²) in [6.07, 6.45) is -3.82. The number of hydrogen-bond acceptors (Lipinski definition) is 7. The number of thiazole rings is 1. The second-order valence-electron chi connectivity index (χ2n) is 9.19. The van der Waals surface area contributed by atoms with Crippen LogP contribution in [0.4, 0.5) is 13.2 Å². The summed E-state index contributed by atoms with van der Waals surface area (Å²) in [6.45, 7) is 3.32. The summed E-state index contributed by atoms with van der Waals surface area (Å²) in [6, 6.07) is 16.3. The van der Waals surface area contributed by atoms with Crippen LogP contribution >= 0.6 is 23.1 Å². The van der Waals surface area contributed by atoms with E-state index in [1.165, 1.54) is 23.5 Å². The number of benzene rings is 3. The summed E-state index contributed by atoms with van der Waals surface area (Å²) in [5.41, 5.74) is 2.46. The van der Waals surface area contributed by atoms with E-state index in [0.29, 0.717) is 34.2 Å². The Morgan fingerprint density at radius 2 is 1.66 bits per heavy atom. The van der Waals surface area contributed by atoms with Crippen LogP contribution in [-0.2, 0) is 17.4 Å². The zero-order valence-corrected chi connectivity index (χ0v) is 24.4. The molecule has 3 aromatic carbocycles. The van der Waals surface area contributed by atoms with Crippen LogP contribution in [0.1, 0.15) is 32.5 Å². The molecule has 4 aromatic rings. The summed E-state index contributed by atoms with van der Waals surface area (Å²) < 4.78 is 55.5. The zero-order valence-electron chi connectivity index (χ0n) is 22.7. The summed E-state index contributed by atoms with van der Waals surface area (Å²) >= 11 is 3.05.